The van der Waals surface area contributed by atoms with Crippen molar-refractivity contribution in [2.75, 3.05) is 51.5 Å². The van der Waals surface area contributed by atoms with Crippen LogP contribution in [0, 0.1) is 12.3 Å². The van der Waals surface area contributed by atoms with Gasteiger partial charge in [0.1, 0.15) is 0 Å². The molecule has 8 nitrogen and oxygen atoms in total. The molecule has 2 amide bonds. The molecule has 0 radical (unpaired) electrons. The summed E-state index contributed by atoms with van der Waals surface area (Å²) in [6.07, 6.45) is 22.6. The number of carbonyl (C=O) groups excluding carboxylic acids is 2. The van der Waals surface area contributed by atoms with E-state index in [2.05, 4.69) is 60.8 Å². The zero-order chi connectivity index (χ0) is 31.5. The van der Waals surface area contributed by atoms with Gasteiger partial charge >= 0.3 is 0 Å². The number of benzene rings is 1. The highest BCUT2D eigenvalue weighted by Gasteiger charge is 2.21. The van der Waals surface area contributed by atoms with Gasteiger partial charge in [0.15, 0.2) is 11.1 Å². The first-order chi connectivity index (χ1) is 20.7. The van der Waals surface area contributed by atoms with Gasteiger partial charge < -0.3 is 19.7 Å². The summed E-state index contributed by atoms with van der Waals surface area (Å²) in [6.45, 7) is 6.41. The predicted molar refractivity (Wildman–Crippen MR) is 178 cm³/mol. The normalized spacial score (nSPS) is 14.5. The van der Waals surface area contributed by atoms with E-state index in [0.717, 1.165) is 41.0 Å². The summed E-state index contributed by atoms with van der Waals surface area (Å²) >= 11 is -0.0188. The molecule has 0 saturated carbocycles. The molecule has 1 heterocycles. The van der Waals surface area contributed by atoms with Crippen LogP contribution in [0.15, 0.2) is 71.2 Å². The molecule has 43 heavy (non-hydrogen) atoms. The van der Waals surface area contributed by atoms with Crippen LogP contribution in [0.2, 0.25) is 0 Å². The lowest BCUT2D eigenvalue weighted by Crippen LogP contribution is -2.35. The summed E-state index contributed by atoms with van der Waals surface area (Å²) in [6, 6.07) is 6.12. The minimum Gasteiger partial charge on any atom is -0.384 e. The number of hydrogen-bond donors (Lipinski definition) is 2. The molecule has 1 aliphatic heterocycles. The Labute approximate surface area is 264 Å². The van der Waals surface area contributed by atoms with Crippen molar-refractivity contribution in [3.8, 4) is 12.3 Å². The molecule has 1 atom stereocenters. The number of terminal acetylenes is 1. The Kier molecular flexibility index (Phi) is 16.8. The number of anilines is 1. The van der Waals surface area contributed by atoms with E-state index in [0.29, 0.717) is 44.8 Å². The van der Waals surface area contributed by atoms with Crippen molar-refractivity contribution in [3.05, 3.63) is 71.9 Å². The molecule has 234 valence electrons. The fraction of sp³-hybridized carbons (Fsp3) is 0.455. The molecule has 2 rings (SSSR count). The summed E-state index contributed by atoms with van der Waals surface area (Å²) < 4.78 is 21.9. The molecular formula is C33H45N3O5S2. The highest BCUT2D eigenvalue weighted by Crippen LogP contribution is 2.35. The molecule has 0 saturated heterocycles. The van der Waals surface area contributed by atoms with Crippen molar-refractivity contribution in [2.45, 2.75) is 56.3 Å². The van der Waals surface area contributed by atoms with E-state index in [1.807, 2.05) is 24.3 Å². The van der Waals surface area contributed by atoms with Crippen molar-refractivity contribution < 1.29 is 22.2 Å². The Morgan fingerprint density at radius 1 is 1.23 bits per heavy atom. The number of allylic oxidation sites excluding steroid dienone is 6. The minimum atomic E-state index is -1.32. The third-order valence-electron chi connectivity index (χ3n) is 6.75. The summed E-state index contributed by atoms with van der Waals surface area (Å²) in [7, 11) is 3.08. The van der Waals surface area contributed by atoms with Crippen LogP contribution in [0.25, 0.3) is 0 Å². The Morgan fingerprint density at radius 2 is 2.02 bits per heavy atom. The maximum absolute atomic E-state index is 12.3. The second kappa shape index (κ2) is 20.0. The highest BCUT2D eigenvalue weighted by molar-refractivity contribution is 7.94. The van der Waals surface area contributed by atoms with Crippen LogP contribution < -0.4 is 10.6 Å². The SMILES string of the molecule is C#CC/C=C/C(=C/C=C/C(C)(C)c1cc(SOC)ccc1NCCS(=O)OC)CCCCC(=O)NCCN1CC=CC1=O. The first kappa shape index (κ1) is 36.1. The number of nitrogens with zero attached hydrogens (tertiary/aromatic N) is 1. The van der Waals surface area contributed by atoms with Gasteiger partial charge in [-0.15, -0.1) is 12.3 Å². The van der Waals surface area contributed by atoms with Gasteiger partial charge in [-0.25, -0.2) is 4.21 Å². The van der Waals surface area contributed by atoms with Crippen molar-refractivity contribution in [1.29, 1.82) is 0 Å². The van der Waals surface area contributed by atoms with E-state index in [-0.39, 0.29) is 17.2 Å². The molecular weight excluding hydrogens is 583 g/mol. The van der Waals surface area contributed by atoms with Crippen molar-refractivity contribution in [3.63, 3.8) is 0 Å². The lowest BCUT2D eigenvalue weighted by molar-refractivity contribution is -0.125. The van der Waals surface area contributed by atoms with Crippen LogP contribution in [0.5, 0.6) is 0 Å². The fourth-order valence-corrected chi connectivity index (χ4v) is 5.34. The zero-order valence-corrected chi connectivity index (χ0v) is 27.4. The Morgan fingerprint density at radius 3 is 2.72 bits per heavy atom. The number of hydrogen-bond acceptors (Lipinski definition) is 7. The van der Waals surface area contributed by atoms with Crippen LogP contribution in [-0.4, -0.2) is 67.1 Å². The average Bonchev–Trinajstić information content (AvgIpc) is 3.39. The van der Waals surface area contributed by atoms with Gasteiger partial charge in [-0.1, -0.05) is 50.3 Å². The molecule has 1 unspecified atom stereocenters. The van der Waals surface area contributed by atoms with Crippen LogP contribution in [0.4, 0.5) is 5.69 Å². The van der Waals surface area contributed by atoms with Crippen molar-refractivity contribution in [2.24, 2.45) is 0 Å². The summed E-state index contributed by atoms with van der Waals surface area (Å²) in [5.41, 5.74) is 2.85. The van der Waals surface area contributed by atoms with Gasteiger partial charge in [-0.3, -0.25) is 13.8 Å². The quantitative estimate of drug-likeness (QED) is 0.0856. The topological polar surface area (TPSA) is 97.0 Å². The number of carbonyl (C=O) groups is 2. The second-order valence-electron chi connectivity index (χ2n) is 10.4. The third kappa shape index (κ3) is 13.8. The molecule has 0 aliphatic carbocycles. The van der Waals surface area contributed by atoms with Gasteiger partial charge in [0, 0.05) is 73.1 Å². The first-order valence-electron chi connectivity index (χ1n) is 14.4. The van der Waals surface area contributed by atoms with E-state index in [4.69, 9.17) is 14.8 Å². The lowest BCUT2D eigenvalue weighted by Gasteiger charge is -2.25. The Bertz CT molecular complexity index is 1250. The molecule has 1 aliphatic rings. The molecule has 10 heteroatoms. The number of nitrogens with one attached hydrogen (secondary N) is 2. The van der Waals surface area contributed by atoms with Gasteiger partial charge in [0.2, 0.25) is 11.8 Å². The molecule has 0 fully saturated rings. The smallest absolute Gasteiger partial charge is 0.246 e. The monoisotopic (exact) mass is 627 g/mol. The maximum Gasteiger partial charge on any atom is 0.246 e. The van der Waals surface area contributed by atoms with Gasteiger partial charge in [-0.2, -0.15) is 0 Å². The standard InChI is InChI=1S/C33H45N3O5S2/c1-6-7-8-13-27(14-9-10-16-31(37)35-21-24-36-23-12-17-32(36)38)15-11-20-33(2,3)29-26-28(42-40-4)18-19-30(29)34-22-25-43(39)41-5/h1,8,11-13,15,17-20,26,34H,7,9-10,14,16,21-25H2,2-5H3,(H,35,37)/b13-8+,20-11+,27-15-. The van der Waals surface area contributed by atoms with E-state index in [9.17, 15) is 13.8 Å². The van der Waals surface area contributed by atoms with Crippen molar-refractivity contribution >= 4 is 40.6 Å². The summed E-state index contributed by atoms with van der Waals surface area (Å²) in [5.74, 6) is 3.02. The molecule has 0 bridgehead atoms. The largest absolute Gasteiger partial charge is 0.384 e. The summed E-state index contributed by atoms with van der Waals surface area (Å²) in [4.78, 5) is 26.6. The Balaban J connectivity index is 2.01. The van der Waals surface area contributed by atoms with Crippen LogP contribution >= 0.6 is 12.0 Å². The zero-order valence-electron chi connectivity index (χ0n) is 25.7. The molecule has 0 spiro atoms. The minimum absolute atomic E-state index is 0.00129. The number of rotatable bonds is 20. The Hall–Kier alpha value is -3.10. The predicted octanol–water partition coefficient (Wildman–Crippen LogP) is 5.48. The first-order valence-corrected chi connectivity index (χ1v) is 16.4. The fourth-order valence-electron chi connectivity index (χ4n) is 4.42. The van der Waals surface area contributed by atoms with Crippen LogP contribution in [-0.2, 0) is 34.5 Å². The van der Waals surface area contributed by atoms with Gasteiger partial charge in [0.05, 0.1) is 20.0 Å². The molecule has 1 aromatic rings. The lowest BCUT2D eigenvalue weighted by atomic mass is 9.83. The molecule has 0 aromatic heterocycles. The van der Waals surface area contributed by atoms with E-state index >= 15 is 0 Å². The third-order valence-corrected chi connectivity index (χ3v) is 8.27. The second-order valence-corrected chi connectivity index (χ2v) is 12.8. The highest BCUT2D eigenvalue weighted by atomic mass is 32.2. The maximum atomic E-state index is 12.3. The molecule has 1 aromatic carbocycles. The average molecular weight is 628 g/mol. The van der Waals surface area contributed by atoms with Crippen LogP contribution in [0.1, 0.15) is 51.5 Å². The van der Waals surface area contributed by atoms with Gasteiger partial charge in [0.25, 0.3) is 0 Å². The van der Waals surface area contributed by atoms with Crippen LogP contribution in [0.3, 0.4) is 0 Å². The number of unbranched alkanes of at least 4 members (excludes halogenated alkanes) is 1. The van der Waals surface area contributed by atoms with Gasteiger partial charge in [-0.05, 0) is 48.6 Å². The molecule has 2 N–H and O–H groups in total. The van der Waals surface area contributed by atoms with E-state index in [1.165, 1.54) is 19.2 Å². The number of amides is 2. The van der Waals surface area contributed by atoms with E-state index in [1.54, 1.807) is 18.1 Å². The van der Waals surface area contributed by atoms with Crippen molar-refractivity contribution in [1.82, 2.24) is 10.2 Å². The van der Waals surface area contributed by atoms with E-state index < -0.39 is 11.1 Å². The summed E-state index contributed by atoms with van der Waals surface area (Å²) in [5, 5.41) is 6.31.